The summed E-state index contributed by atoms with van der Waals surface area (Å²) in [5.41, 5.74) is 0.520. The van der Waals surface area contributed by atoms with Crippen molar-refractivity contribution in [1.82, 2.24) is 4.98 Å². The zero-order valence-corrected chi connectivity index (χ0v) is 17.4. The molecule has 0 unspecified atom stereocenters. The van der Waals surface area contributed by atoms with E-state index >= 15 is 0 Å². The highest BCUT2D eigenvalue weighted by Crippen LogP contribution is 2.33. The largest absolute Gasteiger partial charge is 0.516 e. The minimum atomic E-state index is -0.446. The van der Waals surface area contributed by atoms with Crippen LogP contribution in [0.3, 0.4) is 0 Å². The van der Waals surface area contributed by atoms with Crippen molar-refractivity contribution < 1.29 is 18.8 Å². The summed E-state index contributed by atoms with van der Waals surface area (Å²) in [7, 11) is 1.98. The molecule has 1 saturated heterocycles. The molecular weight excluding hydrogens is 360 g/mol. The van der Waals surface area contributed by atoms with Gasteiger partial charge in [-0.1, -0.05) is 18.2 Å². The second kappa shape index (κ2) is 7.98. The maximum Gasteiger partial charge on any atom is 0.516 e. The third-order valence-corrected chi connectivity index (χ3v) is 5.88. The van der Waals surface area contributed by atoms with Crippen LogP contribution in [0.1, 0.15) is 50.2 Å². The number of piperidine rings is 1. The van der Waals surface area contributed by atoms with Crippen LogP contribution in [-0.2, 0) is 11.3 Å². The van der Waals surface area contributed by atoms with Gasteiger partial charge in [0.05, 0.1) is 30.8 Å². The molecule has 0 radical (unpaired) electrons. The first kappa shape index (κ1) is 19.8. The number of rotatable bonds is 4. The van der Waals surface area contributed by atoms with Crippen LogP contribution in [0.5, 0.6) is 5.75 Å². The lowest BCUT2D eigenvalue weighted by molar-refractivity contribution is -0.844. The molecule has 0 spiro atoms. The highest BCUT2D eigenvalue weighted by molar-refractivity contribution is 7.09. The van der Waals surface area contributed by atoms with Gasteiger partial charge in [0.25, 0.3) is 0 Å². The van der Waals surface area contributed by atoms with Crippen molar-refractivity contribution in [1.29, 1.82) is 0 Å². The monoisotopic (exact) mass is 389 g/mol. The predicted molar refractivity (Wildman–Crippen MR) is 107 cm³/mol. The SMILES string of the molecule is CC(C)(C)OC(=O)[N+]1(C)CCC(c2nc(COc3ccccc3)cs2)CC1. The van der Waals surface area contributed by atoms with E-state index < -0.39 is 5.60 Å². The number of quaternary nitrogens is 1. The summed E-state index contributed by atoms with van der Waals surface area (Å²) >= 11 is 1.70. The summed E-state index contributed by atoms with van der Waals surface area (Å²) in [6.45, 7) is 7.80. The average molecular weight is 390 g/mol. The first-order chi connectivity index (χ1) is 12.8. The standard InChI is InChI=1S/C21H29N2O3S/c1-21(2,3)26-20(24)23(4)12-10-16(11-13-23)19-22-17(15-27-19)14-25-18-8-6-5-7-9-18/h5-9,15-16H,10-14H2,1-4H3/q+1. The van der Waals surface area contributed by atoms with E-state index in [9.17, 15) is 4.79 Å². The highest BCUT2D eigenvalue weighted by Gasteiger charge is 2.41. The van der Waals surface area contributed by atoms with Gasteiger partial charge in [0, 0.05) is 24.1 Å². The van der Waals surface area contributed by atoms with Crippen LogP contribution >= 0.6 is 11.3 Å². The van der Waals surface area contributed by atoms with Crippen molar-refractivity contribution >= 4 is 17.4 Å². The number of hydrogen-bond acceptors (Lipinski definition) is 5. The molecule has 5 nitrogen and oxygen atoms in total. The van der Waals surface area contributed by atoms with Crippen LogP contribution < -0.4 is 4.74 Å². The molecule has 0 N–H and O–H groups in total. The summed E-state index contributed by atoms with van der Waals surface area (Å²) in [5.74, 6) is 1.27. The number of amides is 1. The fraction of sp³-hybridized carbons (Fsp3) is 0.524. The van der Waals surface area contributed by atoms with Crippen LogP contribution in [0.2, 0.25) is 0 Å². The smallest absolute Gasteiger partial charge is 0.487 e. The zero-order valence-electron chi connectivity index (χ0n) is 16.6. The van der Waals surface area contributed by atoms with Crippen molar-refractivity contribution in [2.75, 3.05) is 20.1 Å². The minimum absolute atomic E-state index is 0.128. The molecule has 27 heavy (non-hydrogen) atoms. The molecular formula is C21H29N2O3S+. The summed E-state index contributed by atoms with van der Waals surface area (Å²) < 4.78 is 11.7. The maximum absolute atomic E-state index is 12.5. The number of aromatic nitrogens is 1. The Balaban J connectivity index is 1.54. The number of thiazole rings is 1. The number of ether oxygens (including phenoxy) is 2. The molecule has 2 aromatic rings. The van der Waals surface area contributed by atoms with Gasteiger partial charge in [-0.2, -0.15) is 4.79 Å². The van der Waals surface area contributed by atoms with Crippen molar-refractivity contribution in [3.05, 3.63) is 46.4 Å². The quantitative estimate of drug-likeness (QED) is 0.692. The summed E-state index contributed by atoms with van der Waals surface area (Å²) in [6, 6.07) is 9.79. The van der Waals surface area contributed by atoms with Crippen molar-refractivity contribution in [2.24, 2.45) is 0 Å². The maximum atomic E-state index is 12.5. The highest BCUT2D eigenvalue weighted by atomic mass is 32.1. The lowest BCUT2D eigenvalue weighted by atomic mass is 9.96. The van der Waals surface area contributed by atoms with Crippen LogP contribution in [0.4, 0.5) is 4.79 Å². The summed E-state index contributed by atoms with van der Waals surface area (Å²) in [5, 5.41) is 3.23. The Hall–Kier alpha value is -1.92. The van der Waals surface area contributed by atoms with Gasteiger partial charge < -0.3 is 9.47 Å². The Kier molecular flexibility index (Phi) is 5.86. The van der Waals surface area contributed by atoms with E-state index in [1.54, 1.807) is 11.3 Å². The second-order valence-corrected chi connectivity index (χ2v) is 9.27. The van der Waals surface area contributed by atoms with Crippen LogP contribution in [0.15, 0.2) is 35.7 Å². The molecule has 0 aliphatic carbocycles. The van der Waals surface area contributed by atoms with Gasteiger partial charge in [-0.15, -0.1) is 11.3 Å². The number of carbonyl (C=O) groups is 1. The molecule has 0 bridgehead atoms. The van der Waals surface area contributed by atoms with Gasteiger partial charge in [-0.25, -0.2) is 9.47 Å². The van der Waals surface area contributed by atoms with E-state index in [1.807, 2.05) is 58.2 Å². The Morgan fingerprint density at radius 2 is 1.89 bits per heavy atom. The van der Waals surface area contributed by atoms with E-state index in [2.05, 4.69) is 5.38 Å². The van der Waals surface area contributed by atoms with Crippen molar-refractivity contribution in [3.8, 4) is 5.75 Å². The number of benzene rings is 1. The zero-order chi connectivity index (χ0) is 19.5. The molecule has 1 aromatic carbocycles. The average Bonchev–Trinajstić information content (AvgIpc) is 3.09. The molecule has 1 aliphatic rings. The molecule has 3 rings (SSSR count). The van der Waals surface area contributed by atoms with E-state index in [0.717, 1.165) is 42.4 Å². The Morgan fingerprint density at radius 1 is 1.22 bits per heavy atom. The van der Waals surface area contributed by atoms with Crippen molar-refractivity contribution in [2.45, 2.75) is 51.7 Å². The fourth-order valence-electron chi connectivity index (χ4n) is 3.19. The molecule has 1 aromatic heterocycles. The number of nitrogens with zero attached hydrogens (tertiary/aromatic N) is 2. The van der Waals surface area contributed by atoms with Gasteiger partial charge in [-0.3, -0.25) is 0 Å². The van der Waals surface area contributed by atoms with Crippen LogP contribution in [0.25, 0.3) is 0 Å². The number of hydrogen-bond donors (Lipinski definition) is 0. The van der Waals surface area contributed by atoms with Gasteiger partial charge in [0.15, 0.2) is 0 Å². The third-order valence-electron chi connectivity index (χ3n) is 4.83. The normalized spacial score (nSPS) is 23.0. The summed E-state index contributed by atoms with van der Waals surface area (Å²) in [6.07, 6.45) is 1.77. The molecule has 0 saturated carbocycles. The molecule has 0 atom stereocenters. The first-order valence-corrected chi connectivity index (χ1v) is 10.3. The third kappa shape index (κ3) is 5.30. The number of carbonyl (C=O) groups excluding carboxylic acids is 1. The van der Waals surface area contributed by atoms with E-state index in [0.29, 0.717) is 17.0 Å². The first-order valence-electron chi connectivity index (χ1n) is 9.45. The summed E-state index contributed by atoms with van der Waals surface area (Å²) in [4.78, 5) is 17.3. The van der Waals surface area contributed by atoms with E-state index in [4.69, 9.17) is 14.5 Å². The molecule has 146 valence electrons. The molecule has 2 heterocycles. The topological polar surface area (TPSA) is 48.4 Å². The molecule has 1 amide bonds. The van der Waals surface area contributed by atoms with Gasteiger partial charge in [-0.05, 0) is 32.9 Å². The van der Waals surface area contributed by atoms with Crippen LogP contribution in [-0.4, -0.2) is 41.3 Å². The predicted octanol–water partition coefficient (Wildman–Crippen LogP) is 4.98. The lowest BCUT2D eigenvalue weighted by Gasteiger charge is -2.37. The Bertz CT molecular complexity index is 759. The molecule has 6 heteroatoms. The fourth-order valence-corrected chi connectivity index (χ4v) is 4.17. The van der Waals surface area contributed by atoms with Crippen molar-refractivity contribution in [3.63, 3.8) is 0 Å². The second-order valence-electron chi connectivity index (χ2n) is 8.38. The van der Waals surface area contributed by atoms with Crippen LogP contribution in [0, 0.1) is 0 Å². The Morgan fingerprint density at radius 3 is 2.52 bits per heavy atom. The van der Waals surface area contributed by atoms with Gasteiger partial charge in [0.2, 0.25) is 0 Å². The Labute approximate surface area is 165 Å². The van der Waals surface area contributed by atoms with Gasteiger partial charge in [0.1, 0.15) is 18.0 Å². The number of likely N-dealkylation sites (tertiary alicyclic amines) is 1. The molecule has 1 aliphatic heterocycles. The van der Waals surface area contributed by atoms with E-state index in [-0.39, 0.29) is 6.09 Å². The van der Waals surface area contributed by atoms with Gasteiger partial charge >= 0.3 is 6.09 Å². The van der Waals surface area contributed by atoms with E-state index in [1.165, 1.54) is 0 Å². The number of para-hydroxylation sites is 1. The minimum Gasteiger partial charge on any atom is -0.487 e. The molecule has 1 fully saturated rings. The lowest BCUT2D eigenvalue weighted by Crippen LogP contribution is -2.55.